The van der Waals surface area contributed by atoms with E-state index in [1.165, 1.54) is 12.8 Å². The molecule has 0 aromatic rings. The Morgan fingerprint density at radius 3 is 2.38 bits per heavy atom. The average Bonchev–Trinajstić information content (AvgIpc) is 2.18. The second-order valence-corrected chi connectivity index (χ2v) is 4.00. The van der Waals surface area contributed by atoms with Crippen molar-refractivity contribution in [1.29, 1.82) is 0 Å². The van der Waals surface area contributed by atoms with Gasteiger partial charge in [-0.3, -0.25) is 0 Å². The summed E-state index contributed by atoms with van der Waals surface area (Å²) >= 11 is 0. The minimum atomic E-state index is -0.546. The van der Waals surface area contributed by atoms with Crippen LogP contribution in [-0.4, -0.2) is 0 Å². The van der Waals surface area contributed by atoms with Crippen molar-refractivity contribution in [2.45, 2.75) is 45.4 Å². The molecule has 0 unspecified atom stereocenters. The molecule has 13 heavy (non-hydrogen) atoms. The lowest BCUT2D eigenvalue weighted by atomic mass is 9.80. The van der Waals surface area contributed by atoms with Gasteiger partial charge in [-0.25, -0.2) is 8.78 Å². The van der Waals surface area contributed by atoms with Crippen molar-refractivity contribution in [2.24, 2.45) is 11.8 Å². The maximum Gasteiger partial charge on any atom is 0.131 e. The summed E-state index contributed by atoms with van der Waals surface area (Å²) in [6, 6.07) is 0. The van der Waals surface area contributed by atoms with Crippen LogP contribution in [0, 0.1) is 11.8 Å². The maximum atomic E-state index is 12.8. The smallest absolute Gasteiger partial charge is 0.131 e. The van der Waals surface area contributed by atoms with Gasteiger partial charge >= 0.3 is 0 Å². The summed E-state index contributed by atoms with van der Waals surface area (Å²) in [7, 11) is 0. The highest BCUT2D eigenvalue weighted by molar-refractivity contribution is 4.95. The van der Waals surface area contributed by atoms with E-state index in [0.29, 0.717) is 0 Å². The summed E-state index contributed by atoms with van der Waals surface area (Å²) in [5, 5.41) is 0. The standard InChI is InChI=1S/C11H18F2/c1-2-3-9-4-6-10(7-5-9)11(13)8-12/h8-10H,2-7H2,1H3/b11-8+/t9-,10-. The topological polar surface area (TPSA) is 0 Å². The Kier molecular flexibility index (Phi) is 4.40. The van der Waals surface area contributed by atoms with Gasteiger partial charge in [-0.1, -0.05) is 19.8 Å². The molecule has 1 rings (SSSR count). The number of rotatable bonds is 3. The first-order chi connectivity index (χ1) is 6.27. The molecule has 0 N–H and O–H groups in total. The molecule has 1 aliphatic carbocycles. The van der Waals surface area contributed by atoms with E-state index in [1.807, 2.05) is 0 Å². The maximum absolute atomic E-state index is 12.8. The third kappa shape index (κ3) is 3.09. The van der Waals surface area contributed by atoms with E-state index in [1.54, 1.807) is 0 Å². The van der Waals surface area contributed by atoms with Crippen LogP contribution in [0.4, 0.5) is 8.78 Å². The highest BCUT2D eigenvalue weighted by Crippen LogP contribution is 2.35. The molecule has 1 fully saturated rings. The zero-order valence-electron chi connectivity index (χ0n) is 8.23. The van der Waals surface area contributed by atoms with Crippen LogP contribution >= 0.6 is 0 Å². The highest BCUT2D eigenvalue weighted by Gasteiger charge is 2.23. The van der Waals surface area contributed by atoms with Gasteiger partial charge in [-0.15, -0.1) is 0 Å². The number of allylic oxidation sites excluding steroid dienone is 1. The molecule has 0 spiro atoms. The molecule has 0 aromatic heterocycles. The molecule has 0 aliphatic heterocycles. The van der Waals surface area contributed by atoms with E-state index >= 15 is 0 Å². The van der Waals surface area contributed by atoms with E-state index < -0.39 is 5.83 Å². The first kappa shape index (κ1) is 10.7. The predicted molar refractivity (Wildman–Crippen MR) is 50.7 cm³/mol. The van der Waals surface area contributed by atoms with E-state index in [4.69, 9.17) is 0 Å². The van der Waals surface area contributed by atoms with Crippen molar-refractivity contribution in [2.75, 3.05) is 0 Å². The van der Waals surface area contributed by atoms with Crippen LogP contribution in [0.25, 0.3) is 0 Å². The van der Waals surface area contributed by atoms with Crippen molar-refractivity contribution >= 4 is 0 Å². The van der Waals surface area contributed by atoms with E-state index in [2.05, 4.69) is 6.92 Å². The van der Waals surface area contributed by atoms with Gasteiger partial charge < -0.3 is 0 Å². The molecule has 0 heterocycles. The van der Waals surface area contributed by atoms with Gasteiger partial charge in [0.15, 0.2) is 0 Å². The Hall–Kier alpha value is -0.400. The number of hydrogen-bond acceptors (Lipinski definition) is 0. The zero-order chi connectivity index (χ0) is 9.68. The van der Waals surface area contributed by atoms with Crippen molar-refractivity contribution in [3.63, 3.8) is 0 Å². The molecule has 1 aliphatic rings. The number of hydrogen-bond donors (Lipinski definition) is 0. The highest BCUT2D eigenvalue weighted by atomic mass is 19.2. The third-order valence-corrected chi connectivity index (χ3v) is 3.04. The van der Waals surface area contributed by atoms with Gasteiger partial charge in [0.25, 0.3) is 0 Å². The summed E-state index contributed by atoms with van der Waals surface area (Å²) in [5.74, 6) is 0.0849. The van der Waals surface area contributed by atoms with Crippen LogP contribution in [0.3, 0.4) is 0 Å². The van der Waals surface area contributed by atoms with E-state index in [9.17, 15) is 8.78 Å². The van der Waals surface area contributed by atoms with Crippen LogP contribution in [0.2, 0.25) is 0 Å². The monoisotopic (exact) mass is 188 g/mol. The molecule has 0 aromatic carbocycles. The Morgan fingerprint density at radius 2 is 1.92 bits per heavy atom. The summed E-state index contributed by atoms with van der Waals surface area (Å²) in [4.78, 5) is 0. The first-order valence-corrected chi connectivity index (χ1v) is 5.23. The molecule has 0 bridgehead atoms. The molecule has 0 saturated heterocycles. The molecule has 76 valence electrons. The lowest BCUT2D eigenvalue weighted by molar-refractivity contribution is 0.259. The summed E-state index contributed by atoms with van der Waals surface area (Å²) < 4.78 is 24.7. The normalized spacial score (nSPS) is 30.5. The fourth-order valence-electron chi connectivity index (χ4n) is 2.22. The summed E-state index contributed by atoms with van der Waals surface area (Å²) in [6.45, 7) is 2.17. The molecular weight excluding hydrogens is 170 g/mol. The van der Waals surface area contributed by atoms with Crippen molar-refractivity contribution in [3.8, 4) is 0 Å². The fourth-order valence-corrected chi connectivity index (χ4v) is 2.22. The Labute approximate surface area is 79.0 Å². The van der Waals surface area contributed by atoms with Crippen LogP contribution in [-0.2, 0) is 0 Å². The SMILES string of the molecule is CCC[C@H]1CC[C@H](/C(F)=C\F)CC1. The van der Waals surface area contributed by atoms with Crippen LogP contribution in [0.15, 0.2) is 12.2 Å². The van der Waals surface area contributed by atoms with Gasteiger partial charge in [0.2, 0.25) is 0 Å². The van der Waals surface area contributed by atoms with Gasteiger partial charge in [0, 0.05) is 5.92 Å². The molecule has 0 nitrogen and oxygen atoms in total. The Bertz CT molecular complexity index is 167. The van der Waals surface area contributed by atoms with Crippen LogP contribution in [0.1, 0.15) is 45.4 Å². The minimum Gasteiger partial charge on any atom is -0.213 e. The first-order valence-electron chi connectivity index (χ1n) is 5.23. The van der Waals surface area contributed by atoms with Crippen molar-refractivity contribution < 1.29 is 8.78 Å². The van der Waals surface area contributed by atoms with Gasteiger partial charge in [-0.2, -0.15) is 0 Å². The molecule has 1 saturated carbocycles. The molecule has 0 radical (unpaired) electrons. The van der Waals surface area contributed by atoms with Crippen LogP contribution < -0.4 is 0 Å². The molecule has 0 amide bonds. The summed E-state index contributed by atoms with van der Waals surface area (Å²) in [6.07, 6.45) is 6.38. The zero-order valence-corrected chi connectivity index (χ0v) is 8.23. The Balaban J connectivity index is 2.30. The quantitative estimate of drug-likeness (QED) is 0.616. The lowest BCUT2D eigenvalue weighted by Crippen LogP contribution is -2.14. The fraction of sp³-hybridized carbons (Fsp3) is 0.818. The number of halogens is 2. The van der Waals surface area contributed by atoms with Crippen LogP contribution in [0.5, 0.6) is 0 Å². The van der Waals surface area contributed by atoms with Gasteiger partial charge in [0.1, 0.15) is 12.2 Å². The summed E-state index contributed by atoms with van der Waals surface area (Å²) in [5.41, 5.74) is 0. The van der Waals surface area contributed by atoms with Gasteiger partial charge in [0.05, 0.1) is 0 Å². The predicted octanol–water partition coefficient (Wildman–Crippen LogP) is 4.37. The largest absolute Gasteiger partial charge is 0.213 e. The van der Waals surface area contributed by atoms with Crippen molar-refractivity contribution in [1.82, 2.24) is 0 Å². The molecular formula is C11H18F2. The second-order valence-electron chi connectivity index (χ2n) is 4.00. The molecule has 2 heteroatoms. The third-order valence-electron chi connectivity index (χ3n) is 3.04. The van der Waals surface area contributed by atoms with Crippen molar-refractivity contribution in [3.05, 3.63) is 12.2 Å². The van der Waals surface area contributed by atoms with Gasteiger partial charge in [-0.05, 0) is 31.6 Å². The second kappa shape index (κ2) is 5.36. The average molecular weight is 188 g/mol. The van der Waals surface area contributed by atoms with E-state index in [-0.39, 0.29) is 12.2 Å². The van der Waals surface area contributed by atoms with E-state index in [0.717, 1.165) is 31.6 Å². The lowest BCUT2D eigenvalue weighted by Gasteiger charge is -2.26. The minimum absolute atomic E-state index is 0.127. The molecule has 0 atom stereocenters. The Morgan fingerprint density at radius 1 is 1.31 bits per heavy atom.